The first-order valence-corrected chi connectivity index (χ1v) is 36.6. The van der Waals surface area contributed by atoms with Crippen molar-refractivity contribution in [3.05, 3.63) is 24.3 Å². The van der Waals surface area contributed by atoms with Crippen LogP contribution in [0.5, 0.6) is 0 Å². The predicted octanol–water partition coefficient (Wildman–Crippen LogP) is 23.7. The molecular formula is C74H143NO5. The summed E-state index contributed by atoms with van der Waals surface area (Å²) in [7, 11) is 0. The molecule has 0 aromatic carbocycles. The second-order valence-corrected chi connectivity index (χ2v) is 25.3. The first kappa shape index (κ1) is 78.3. The maximum absolute atomic E-state index is 12.5. The van der Waals surface area contributed by atoms with Crippen LogP contribution in [0, 0.1) is 0 Å². The van der Waals surface area contributed by atoms with Gasteiger partial charge in [-0.1, -0.05) is 366 Å². The van der Waals surface area contributed by atoms with E-state index < -0.39 is 12.1 Å². The Bertz CT molecular complexity index is 1250. The van der Waals surface area contributed by atoms with Crippen LogP contribution in [-0.2, 0) is 14.3 Å². The molecule has 0 aliphatic heterocycles. The summed E-state index contributed by atoms with van der Waals surface area (Å²) in [5, 5.41) is 23.3. The summed E-state index contributed by atoms with van der Waals surface area (Å²) in [4.78, 5) is 24.6. The van der Waals surface area contributed by atoms with Crippen molar-refractivity contribution in [1.29, 1.82) is 0 Å². The van der Waals surface area contributed by atoms with Gasteiger partial charge in [0.25, 0.3) is 0 Å². The molecule has 80 heavy (non-hydrogen) atoms. The zero-order valence-corrected chi connectivity index (χ0v) is 54.3. The number of aliphatic hydroxyl groups is 2. The Morgan fingerprint density at radius 2 is 0.588 bits per heavy atom. The number of carbonyl (C=O) groups is 2. The number of amides is 1. The first-order chi connectivity index (χ1) is 39.5. The van der Waals surface area contributed by atoms with Crippen LogP contribution >= 0.6 is 0 Å². The Morgan fingerprint density at radius 3 is 0.887 bits per heavy atom. The molecule has 2 atom stereocenters. The van der Waals surface area contributed by atoms with Gasteiger partial charge in [-0.15, -0.1) is 0 Å². The Balaban J connectivity index is 3.39. The molecule has 0 rings (SSSR count). The molecule has 2 unspecified atom stereocenters. The van der Waals surface area contributed by atoms with Crippen LogP contribution in [0.3, 0.4) is 0 Å². The van der Waals surface area contributed by atoms with Crippen LogP contribution in [0.4, 0.5) is 0 Å². The van der Waals surface area contributed by atoms with Crippen molar-refractivity contribution in [2.75, 3.05) is 13.2 Å². The number of allylic oxidation sites excluding steroid dienone is 3. The highest BCUT2D eigenvalue weighted by Crippen LogP contribution is 2.19. The Morgan fingerprint density at radius 1 is 0.338 bits per heavy atom. The molecule has 1 amide bonds. The van der Waals surface area contributed by atoms with Crippen molar-refractivity contribution >= 4 is 11.9 Å². The third kappa shape index (κ3) is 65.5. The Labute approximate surface area is 501 Å². The van der Waals surface area contributed by atoms with Gasteiger partial charge in [-0.25, -0.2) is 0 Å². The number of nitrogens with one attached hydrogen (secondary N) is 1. The minimum atomic E-state index is -0.845. The molecule has 0 saturated carbocycles. The Hall–Kier alpha value is -1.66. The lowest BCUT2D eigenvalue weighted by molar-refractivity contribution is -0.143. The molecule has 0 bridgehead atoms. The largest absolute Gasteiger partial charge is 0.466 e. The van der Waals surface area contributed by atoms with E-state index >= 15 is 0 Å². The van der Waals surface area contributed by atoms with E-state index in [0.717, 1.165) is 44.9 Å². The van der Waals surface area contributed by atoms with Crippen molar-refractivity contribution in [2.24, 2.45) is 0 Å². The summed E-state index contributed by atoms with van der Waals surface area (Å²) in [6.07, 6.45) is 88.4. The van der Waals surface area contributed by atoms with Crippen LogP contribution in [0.25, 0.3) is 0 Å². The van der Waals surface area contributed by atoms with Crippen LogP contribution in [0.1, 0.15) is 412 Å². The number of rotatable bonds is 69. The molecule has 6 heteroatoms. The number of unbranched alkanes of at least 4 members (excludes halogenated alkanes) is 56. The van der Waals surface area contributed by atoms with Crippen molar-refractivity contribution in [2.45, 2.75) is 424 Å². The molecule has 6 nitrogen and oxygen atoms in total. The second kappa shape index (κ2) is 69.8. The van der Waals surface area contributed by atoms with E-state index in [1.54, 1.807) is 6.08 Å². The van der Waals surface area contributed by atoms with Gasteiger partial charge in [0, 0.05) is 12.8 Å². The number of hydrogen-bond acceptors (Lipinski definition) is 5. The average molecular weight is 1130 g/mol. The number of ether oxygens (including phenoxy) is 1. The SMILES string of the molecule is CCCCCCCC/C=C\CCCCCCCC(=O)OCCCCCCCCCCCCCCCCCCCCCCCCCCCC(=O)NC(CO)C(O)/C=C/CCCCCCCCCCCCCCCCCCCCCCC. The van der Waals surface area contributed by atoms with Gasteiger partial charge in [-0.2, -0.15) is 0 Å². The quantitative estimate of drug-likeness (QED) is 0.0320. The van der Waals surface area contributed by atoms with Crippen molar-refractivity contribution in [1.82, 2.24) is 5.32 Å². The van der Waals surface area contributed by atoms with Gasteiger partial charge < -0.3 is 20.3 Å². The third-order valence-corrected chi connectivity index (χ3v) is 17.2. The van der Waals surface area contributed by atoms with E-state index in [0.29, 0.717) is 19.4 Å². The van der Waals surface area contributed by atoms with E-state index in [4.69, 9.17) is 4.74 Å². The van der Waals surface area contributed by atoms with Crippen LogP contribution < -0.4 is 5.32 Å². The van der Waals surface area contributed by atoms with Gasteiger partial charge >= 0.3 is 5.97 Å². The topological polar surface area (TPSA) is 95.9 Å². The Kier molecular flexibility index (Phi) is 68.4. The van der Waals surface area contributed by atoms with Gasteiger partial charge in [0.05, 0.1) is 25.4 Å². The van der Waals surface area contributed by atoms with Crippen molar-refractivity contribution in [3.8, 4) is 0 Å². The zero-order valence-electron chi connectivity index (χ0n) is 54.3. The van der Waals surface area contributed by atoms with Gasteiger partial charge in [-0.05, 0) is 57.8 Å². The molecule has 0 fully saturated rings. The average Bonchev–Trinajstić information content (AvgIpc) is 3.46. The molecule has 474 valence electrons. The number of carbonyl (C=O) groups excluding carboxylic acids is 2. The fraction of sp³-hybridized carbons (Fsp3) is 0.919. The molecule has 3 N–H and O–H groups in total. The van der Waals surface area contributed by atoms with Gasteiger partial charge in [0.1, 0.15) is 0 Å². The maximum Gasteiger partial charge on any atom is 0.305 e. The zero-order chi connectivity index (χ0) is 57.8. The molecule has 0 aromatic rings. The number of aliphatic hydroxyl groups excluding tert-OH is 2. The summed E-state index contributed by atoms with van der Waals surface area (Å²) in [5.74, 6) is -0.0527. The smallest absolute Gasteiger partial charge is 0.305 e. The van der Waals surface area contributed by atoms with Gasteiger partial charge in [0.2, 0.25) is 5.91 Å². The van der Waals surface area contributed by atoms with Crippen LogP contribution in [0.2, 0.25) is 0 Å². The third-order valence-electron chi connectivity index (χ3n) is 17.2. The van der Waals surface area contributed by atoms with E-state index in [1.807, 2.05) is 6.08 Å². The molecule has 0 saturated heterocycles. The number of esters is 1. The summed E-state index contributed by atoms with van der Waals surface area (Å²) in [6.45, 7) is 4.94. The molecule has 0 aliphatic rings. The van der Waals surface area contributed by atoms with Gasteiger partial charge in [0.15, 0.2) is 0 Å². The molecule has 0 aliphatic carbocycles. The van der Waals surface area contributed by atoms with E-state index in [9.17, 15) is 19.8 Å². The molecule has 0 aromatic heterocycles. The lowest BCUT2D eigenvalue weighted by Gasteiger charge is -2.20. The monoisotopic (exact) mass is 1130 g/mol. The van der Waals surface area contributed by atoms with Crippen LogP contribution in [-0.4, -0.2) is 47.4 Å². The van der Waals surface area contributed by atoms with E-state index in [-0.39, 0.29) is 18.5 Å². The summed E-state index contributed by atoms with van der Waals surface area (Å²) in [5.41, 5.74) is 0. The molecule has 0 radical (unpaired) electrons. The minimum absolute atomic E-state index is 0.00895. The first-order valence-electron chi connectivity index (χ1n) is 36.6. The fourth-order valence-electron chi connectivity index (χ4n) is 11.6. The second-order valence-electron chi connectivity index (χ2n) is 25.3. The lowest BCUT2D eigenvalue weighted by Crippen LogP contribution is -2.45. The summed E-state index contributed by atoms with van der Waals surface area (Å²) in [6, 6.07) is -0.628. The highest BCUT2D eigenvalue weighted by atomic mass is 16.5. The summed E-state index contributed by atoms with van der Waals surface area (Å²) >= 11 is 0. The normalized spacial score (nSPS) is 12.6. The highest BCUT2D eigenvalue weighted by Gasteiger charge is 2.18. The molecular weight excluding hydrogens is 983 g/mol. The summed E-state index contributed by atoms with van der Waals surface area (Å²) < 4.78 is 5.49. The van der Waals surface area contributed by atoms with Gasteiger partial charge in [-0.3, -0.25) is 9.59 Å². The van der Waals surface area contributed by atoms with Crippen LogP contribution in [0.15, 0.2) is 24.3 Å². The minimum Gasteiger partial charge on any atom is -0.466 e. The lowest BCUT2D eigenvalue weighted by atomic mass is 10.0. The molecule has 0 spiro atoms. The number of hydrogen-bond donors (Lipinski definition) is 3. The maximum atomic E-state index is 12.5. The predicted molar refractivity (Wildman–Crippen MR) is 352 cm³/mol. The standard InChI is InChI=1S/C74H143NO5/c1-3-5-7-9-11-13-15-17-19-20-21-22-26-29-32-35-39-42-46-50-54-58-62-66-72(77)71(70-76)75-73(78)67-63-59-55-51-47-43-40-36-33-30-27-24-23-25-28-31-34-37-41-45-49-53-57-61-65-69-80-74(79)68-64-60-56-52-48-44-38-18-16-14-12-10-8-6-4-2/h18,38,62,66,71-72,76-77H,3-17,19-37,39-61,63-65,67-70H2,1-2H3,(H,75,78)/b38-18-,66-62+. The van der Waals surface area contributed by atoms with Crippen molar-refractivity contribution in [3.63, 3.8) is 0 Å². The highest BCUT2D eigenvalue weighted by molar-refractivity contribution is 5.76. The molecule has 0 heterocycles. The van der Waals surface area contributed by atoms with E-state index in [2.05, 4.69) is 31.3 Å². The van der Waals surface area contributed by atoms with Crippen molar-refractivity contribution < 1.29 is 24.5 Å². The fourth-order valence-corrected chi connectivity index (χ4v) is 11.6. The van der Waals surface area contributed by atoms with E-state index in [1.165, 1.54) is 340 Å².